The second-order valence-corrected chi connectivity index (χ2v) is 9.53. The first-order chi connectivity index (χ1) is 15.6. The first kappa shape index (κ1) is 20.8. The zero-order valence-corrected chi connectivity index (χ0v) is 18.9. The molecule has 0 unspecified atom stereocenters. The molecule has 0 aliphatic heterocycles. The van der Waals surface area contributed by atoms with Gasteiger partial charge in [-0.3, -0.25) is 0 Å². The Morgan fingerprint density at radius 3 is 2.59 bits per heavy atom. The van der Waals surface area contributed by atoms with Gasteiger partial charge in [0.15, 0.2) is 5.13 Å². The summed E-state index contributed by atoms with van der Waals surface area (Å²) >= 11 is 1.63. The van der Waals surface area contributed by atoms with Crippen LogP contribution in [0.15, 0.2) is 54.6 Å². The summed E-state index contributed by atoms with van der Waals surface area (Å²) in [5, 5.41) is 17.5. The Balaban J connectivity index is 1.42. The molecule has 6 nitrogen and oxygen atoms in total. The Bertz CT molecular complexity index is 1200. The second kappa shape index (κ2) is 9.22. The molecule has 3 N–H and O–H groups in total. The average molecular weight is 446 g/mol. The van der Waals surface area contributed by atoms with E-state index in [-0.39, 0.29) is 12.1 Å². The normalized spacial score (nSPS) is 18.6. The lowest BCUT2D eigenvalue weighted by Gasteiger charge is -2.26. The molecule has 0 bridgehead atoms. The molecule has 2 aromatic carbocycles. The molecule has 164 valence electrons. The number of fused-ring (bicyclic) bond motifs is 1. The molecule has 0 spiro atoms. The maximum Gasteiger partial charge on any atom is 0.225 e. The minimum atomic E-state index is -0.182. The third-order valence-electron chi connectivity index (χ3n) is 5.82. The SMILES string of the molecule is Cc1ccc2nc(Nc3cc(Cc4ccccc4)nc(NC4CCC(O)CC4)n3)sc2c1. The molecule has 32 heavy (non-hydrogen) atoms. The Labute approximate surface area is 191 Å². The van der Waals surface area contributed by atoms with Crippen molar-refractivity contribution in [3.05, 3.63) is 71.4 Å². The van der Waals surface area contributed by atoms with Crippen LogP contribution in [0, 0.1) is 6.92 Å². The minimum Gasteiger partial charge on any atom is -0.393 e. The Morgan fingerprint density at radius 1 is 0.969 bits per heavy atom. The summed E-state index contributed by atoms with van der Waals surface area (Å²) in [5.41, 5.74) is 4.37. The first-order valence-electron chi connectivity index (χ1n) is 11.1. The van der Waals surface area contributed by atoms with E-state index in [4.69, 9.17) is 15.0 Å². The zero-order chi connectivity index (χ0) is 21.9. The first-order valence-corrected chi connectivity index (χ1v) is 11.9. The van der Waals surface area contributed by atoms with Crippen LogP contribution in [0.25, 0.3) is 10.2 Å². The summed E-state index contributed by atoms with van der Waals surface area (Å²) in [5.74, 6) is 1.36. The van der Waals surface area contributed by atoms with Gasteiger partial charge in [0.1, 0.15) is 5.82 Å². The van der Waals surface area contributed by atoms with E-state index in [0.717, 1.165) is 59.0 Å². The van der Waals surface area contributed by atoms with Gasteiger partial charge in [0.25, 0.3) is 0 Å². The maximum atomic E-state index is 9.81. The number of aliphatic hydroxyl groups excluding tert-OH is 1. The number of aromatic nitrogens is 3. The number of rotatable bonds is 6. The van der Waals surface area contributed by atoms with Gasteiger partial charge in [-0.05, 0) is 55.9 Å². The number of hydrogen-bond donors (Lipinski definition) is 3. The predicted octanol–water partition coefficient (Wildman–Crippen LogP) is 5.44. The number of hydrogen-bond acceptors (Lipinski definition) is 7. The summed E-state index contributed by atoms with van der Waals surface area (Å²) in [6.07, 6.45) is 4.03. The fraction of sp³-hybridized carbons (Fsp3) is 0.320. The van der Waals surface area contributed by atoms with E-state index < -0.39 is 0 Å². The highest BCUT2D eigenvalue weighted by atomic mass is 32.1. The van der Waals surface area contributed by atoms with Crippen molar-refractivity contribution in [3.8, 4) is 0 Å². The molecule has 1 fully saturated rings. The zero-order valence-electron chi connectivity index (χ0n) is 18.1. The van der Waals surface area contributed by atoms with Gasteiger partial charge in [0.05, 0.1) is 22.0 Å². The highest BCUT2D eigenvalue weighted by Crippen LogP contribution is 2.29. The number of nitrogens with one attached hydrogen (secondary N) is 2. The summed E-state index contributed by atoms with van der Waals surface area (Å²) in [6, 6.07) is 18.9. The van der Waals surface area contributed by atoms with Crippen LogP contribution in [-0.4, -0.2) is 32.2 Å². The summed E-state index contributed by atoms with van der Waals surface area (Å²) < 4.78 is 1.16. The van der Waals surface area contributed by atoms with E-state index in [9.17, 15) is 5.11 Å². The number of benzene rings is 2. The van der Waals surface area contributed by atoms with Crippen LogP contribution < -0.4 is 10.6 Å². The molecule has 1 saturated carbocycles. The van der Waals surface area contributed by atoms with Crippen molar-refractivity contribution in [1.82, 2.24) is 15.0 Å². The van der Waals surface area contributed by atoms with Crippen molar-refractivity contribution >= 4 is 38.5 Å². The second-order valence-electron chi connectivity index (χ2n) is 8.50. The van der Waals surface area contributed by atoms with Gasteiger partial charge in [-0.15, -0.1) is 0 Å². The molecule has 2 aromatic heterocycles. The molecule has 5 rings (SSSR count). The Kier molecular flexibility index (Phi) is 6.01. The molecule has 1 aliphatic rings. The van der Waals surface area contributed by atoms with Crippen molar-refractivity contribution in [1.29, 1.82) is 0 Å². The molecule has 7 heteroatoms. The average Bonchev–Trinajstić information content (AvgIpc) is 3.17. The van der Waals surface area contributed by atoms with Crippen molar-refractivity contribution in [2.24, 2.45) is 0 Å². The number of aliphatic hydroxyl groups is 1. The largest absolute Gasteiger partial charge is 0.393 e. The lowest BCUT2D eigenvalue weighted by molar-refractivity contribution is 0.126. The lowest BCUT2D eigenvalue weighted by Crippen LogP contribution is -2.29. The molecule has 0 amide bonds. The van der Waals surface area contributed by atoms with E-state index in [1.54, 1.807) is 11.3 Å². The standard InChI is InChI=1S/C25H27N5OS/c1-16-7-12-21-22(13-16)32-25(28-21)30-23-15-19(14-17-5-3-2-4-6-17)27-24(29-23)26-18-8-10-20(31)11-9-18/h2-7,12-13,15,18,20,31H,8-11,14H2,1H3,(H2,26,27,28,29,30). The predicted molar refractivity (Wildman–Crippen MR) is 131 cm³/mol. The van der Waals surface area contributed by atoms with Crippen molar-refractivity contribution < 1.29 is 5.11 Å². The Hall–Kier alpha value is -3.03. The topological polar surface area (TPSA) is 83.0 Å². The van der Waals surface area contributed by atoms with Gasteiger partial charge in [-0.1, -0.05) is 47.7 Å². The van der Waals surface area contributed by atoms with Crippen LogP contribution in [0.2, 0.25) is 0 Å². The number of anilines is 3. The molecule has 1 aliphatic carbocycles. The van der Waals surface area contributed by atoms with Crippen LogP contribution in [0.1, 0.15) is 42.5 Å². The summed E-state index contributed by atoms with van der Waals surface area (Å²) in [6.45, 7) is 2.09. The number of thiazole rings is 1. The minimum absolute atomic E-state index is 0.182. The smallest absolute Gasteiger partial charge is 0.225 e. The number of nitrogens with zero attached hydrogens (tertiary/aromatic N) is 3. The summed E-state index contributed by atoms with van der Waals surface area (Å²) in [7, 11) is 0. The molecular weight excluding hydrogens is 418 g/mol. The van der Waals surface area contributed by atoms with Gasteiger partial charge in [0.2, 0.25) is 5.95 Å². The van der Waals surface area contributed by atoms with Crippen molar-refractivity contribution in [3.63, 3.8) is 0 Å². The van der Waals surface area contributed by atoms with E-state index in [1.165, 1.54) is 11.1 Å². The quantitative estimate of drug-likeness (QED) is 0.366. The van der Waals surface area contributed by atoms with Crippen LogP contribution >= 0.6 is 11.3 Å². The van der Waals surface area contributed by atoms with E-state index in [1.807, 2.05) is 24.3 Å². The fourth-order valence-electron chi connectivity index (χ4n) is 4.12. The fourth-order valence-corrected chi connectivity index (χ4v) is 5.09. The highest BCUT2D eigenvalue weighted by Gasteiger charge is 2.20. The van der Waals surface area contributed by atoms with Crippen LogP contribution in [-0.2, 0) is 6.42 Å². The molecule has 0 radical (unpaired) electrons. The van der Waals surface area contributed by atoms with Crippen molar-refractivity contribution in [2.75, 3.05) is 10.6 Å². The van der Waals surface area contributed by atoms with Gasteiger partial charge in [-0.2, -0.15) is 4.98 Å². The van der Waals surface area contributed by atoms with Gasteiger partial charge >= 0.3 is 0 Å². The van der Waals surface area contributed by atoms with E-state index >= 15 is 0 Å². The Morgan fingerprint density at radius 2 is 1.78 bits per heavy atom. The molecule has 0 saturated heterocycles. The van der Waals surface area contributed by atoms with Gasteiger partial charge in [-0.25, -0.2) is 9.97 Å². The van der Waals surface area contributed by atoms with Crippen LogP contribution in [0.3, 0.4) is 0 Å². The van der Waals surface area contributed by atoms with Crippen LogP contribution in [0.5, 0.6) is 0 Å². The van der Waals surface area contributed by atoms with Crippen LogP contribution in [0.4, 0.5) is 16.9 Å². The number of aryl methyl sites for hydroxylation is 1. The summed E-state index contributed by atoms with van der Waals surface area (Å²) in [4.78, 5) is 14.3. The monoisotopic (exact) mass is 445 g/mol. The van der Waals surface area contributed by atoms with E-state index in [0.29, 0.717) is 5.95 Å². The van der Waals surface area contributed by atoms with Gasteiger partial charge < -0.3 is 15.7 Å². The maximum absolute atomic E-state index is 9.81. The van der Waals surface area contributed by atoms with Gasteiger partial charge in [0, 0.05) is 18.5 Å². The highest BCUT2D eigenvalue weighted by molar-refractivity contribution is 7.22. The van der Waals surface area contributed by atoms with Crippen molar-refractivity contribution in [2.45, 2.75) is 51.2 Å². The lowest BCUT2D eigenvalue weighted by atomic mass is 9.93. The third-order valence-corrected chi connectivity index (χ3v) is 6.75. The molecular formula is C25H27N5OS. The molecule has 4 aromatic rings. The third kappa shape index (κ3) is 5.06. The molecule has 0 atom stereocenters. The van der Waals surface area contributed by atoms with E-state index in [2.05, 4.69) is 47.9 Å². The molecule has 2 heterocycles.